The zero-order valence-electron chi connectivity index (χ0n) is 9.00. The summed E-state index contributed by atoms with van der Waals surface area (Å²) in [6.07, 6.45) is 2.28. The zero-order valence-corrected chi connectivity index (χ0v) is 10.6. The molecule has 84 valence electrons. The van der Waals surface area contributed by atoms with E-state index in [1.165, 1.54) is 6.33 Å². The van der Waals surface area contributed by atoms with Crippen LogP contribution < -0.4 is 5.32 Å². The lowest BCUT2D eigenvalue weighted by molar-refractivity contribution is 0.220. The van der Waals surface area contributed by atoms with Gasteiger partial charge in [-0.05, 0) is 27.8 Å². The van der Waals surface area contributed by atoms with Crippen LogP contribution in [0.15, 0.2) is 17.0 Å². The maximum atomic E-state index is 8.88. The Bertz CT molecular complexity index is 317. The van der Waals surface area contributed by atoms with E-state index >= 15 is 0 Å². The summed E-state index contributed by atoms with van der Waals surface area (Å²) in [6.45, 7) is 5.19. The predicted molar refractivity (Wildman–Crippen MR) is 63.7 cm³/mol. The third-order valence-corrected chi connectivity index (χ3v) is 2.60. The monoisotopic (exact) mass is 273 g/mol. The number of rotatable bonds is 5. The maximum absolute atomic E-state index is 8.88. The number of aromatic nitrogens is 2. The van der Waals surface area contributed by atoms with Crippen molar-refractivity contribution in [3.05, 3.63) is 17.0 Å². The Labute approximate surface area is 98.3 Å². The first kappa shape index (κ1) is 12.4. The van der Waals surface area contributed by atoms with Gasteiger partial charge in [0, 0.05) is 19.2 Å². The summed E-state index contributed by atoms with van der Waals surface area (Å²) < 4.78 is 0.764. The van der Waals surface area contributed by atoms with E-state index in [4.69, 9.17) is 5.11 Å². The van der Waals surface area contributed by atoms with E-state index in [0.29, 0.717) is 0 Å². The van der Waals surface area contributed by atoms with Gasteiger partial charge in [0.05, 0.1) is 0 Å². The Hall–Kier alpha value is -0.680. The summed E-state index contributed by atoms with van der Waals surface area (Å²) in [4.78, 5) is 8.03. The van der Waals surface area contributed by atoms with Crippen LogP contribution in [-0.2, 0) is 0 Å². The second kappa shape index (κ2) is 5.42. The van der Waals surface area contributed by atoms with E-state index in [9.17, 15) is 0 Å². The number of nitrogens with one attached hydrogen (secondary N) is 1. The standard InChI is InChI=1S/C10H16BrN3O/c1-10(2,3-4-15)6-12-9-5-8(11)13-7-14-9/h5,7,15H,3-4,6H2,1-2H3,(H,12,13,14). The SMILES string of the molecule is CC(C)(CCO)CNc1cc(Br)ncn1. The molecule has 0 fully saturated rings. The van der Waals surface area contributed by atoms with Gasteiger partial charge in [-0.3, -0.25) is 0 Å². The van der Waals surface area contributed by atoms with Crippen molar-refractivity contribution < 1.29 is 5.11 Å². The highest BCUT2D eigenvalue weighted by atomic mass is 79.9. The fourth-order valence-electron chi connectivity index (χ4n) is 1.15. The summed E-state index contributed by atoms with van der Waals surface area (Å²) in [5.41, 5.74) is 0.0617. The third-order valence-electron chi connectivity index (χ3n) is 2.17. The minimum atomic E-state index is 0.0617. The highest BCUT2D eigenvalue weighted by molar-refractivity contribution is 9.10. The van der Waals surface area contributed by atoms with Crippen molar-refractivity contribution in [3.8, 4) is 0 Å². The summed E-state index contributed by atoms with van der Waals surface area (Å²) in [5, 5.41) is 12.1. The molecule has 15 heavy (non-hydrogen) atoms. The van der Waals surface area contributed by atoms with E-state index in [0.717, 1.165) is 23.4 Å². The minimum Gasteiger partial charge on any atom is -0.396 e. The number of aliphatic hydroxyl groups is 1. The lowest BCUT2D eigenvalue weighted by Crippen LogP contribution is -2.24. The van der Waals surface area contributed by atoms with Crippen LogP contribution in [0.2, 0.25) is 0 Å². The van der Waals surface area contributed by atoms with Crippen LogP contribution in [0.25, 0.3) is 0 Å². The molecule has 0 radical (unpaired) electrons. The fraction of sp³-hybridized carbons (Fsp3) is 0.600. The molecule has 0 spiro atoms. The quantitative estimate of drug-likeness (QED) is 0.807. The van der Waals surface area contributed by atoms with Gasteiger partial charge in [-0.15, -0.1) is 0 Å². The highest BCUT2D eigenvalue weighted by Crippen LogP contribution is 2.20. The summed E-state index contributed by atoms with van der Waals surface area (Å²) in [5.74, 6) is 0.794. The van der Waals surface area contributed by atoms with E-state index in [2.05, 4.69) is 45.1 Å². The van der Waals surface area contributed by atoms with E-state index in [1.807, 2.05) is 6.07 Å². The van der Waals surface area contributed by atoms with Crippen LogP contribution in [0.5, 0.6) is 0 Å². The maximum Gasteiger partial charge on any atom is 0.130 e. The fourth-order valence-corrected chi connectivity index (χ4v) is 1.46. The van der Waals surface area contributed by atoms with Crippen molar-refractivity contribution in [3.63, 3.8) is 0 Å². The van der Waals surface area contributed by atoms with Gasteiger partial charge in [-0.2, -0.15) is 0 Å². The van der Waals surface area contributed by atoms with Gasteiger partial charge in [0.15, 0.2) is 0 Å². The van der Waals surface area contributed by atoms with Crippen LogP contribution in [0.4, 0.5) is 5.82 Å². The lowest BCUT2D eigenvalue weighted by Gasteiger charge is -2.24. The van der Waals surface area contributed by atoms with Crippen LogP contribution in [0.1, 0.15) is 20.3 Å². The first-order chi connectivity index (χ1) is 7.03. The topological polar surface area (TPSA) is 58.0 Å². The summed E-state index contributed by atoms with van der Waals surface area (Å²) in [7, 11) is 0. The second-order valence-electron chi connectivity index (χ2n) is 4.22. The molecule has 0 unspecified atom stereocenters. The van der Waals surface area contributed by atoms with Crippen molar-refractivity contribution >= 4 is 21.7 Å². The lowest BCUT2D eigenvalue weighted by atomic mass is 9.90. The average Bonchev–Trinajstić information content (AvgIpc) is 2.15. The number of anilines is 1. The molecule has 0 saturated heterocycles. The number of nitrogens with zero attached hydrogens (tertiary/aromatic N) is 2. The van der Waals surface area contributed by atoms with Crippen molar-refractivity contribution in [1.82, 2.24) is 9.97 Å². The molecule has 1 aromatic rings. The molecule has 2 N–H and O–H groups in total. The average molecular weight is 274 g/mol. The molecular formula is C10H16BrN3O. The third kappa shape index (κ3) is 4.57. The van der Waals surface area contributed by atoms with Gasteiger partial charge in [0.2, 0.25) is 0 Å². The van der Waals surface area contributed by atoms with Crippen molar-refractivity contribution in [2.24, 2.45) is 5.41 Å². The normalized spacial score (nSPS) is 11.5. The Balaban J connectivity index is 2.49. The minimum absolute atomic E-state index is 0.0617. The molecule has 5 heteroatoms. The van der Waals surface area contributed by atoms with Gasteiger partial charge in [-0.1, -0.05) is 13.8 Å². The molecule has 0 aliphatic carbocycles. The Morgan fingerprint density at radius 3 is 2.80 bits per heavy atom. The highest BCUT2D eigenvalue weighted by Gasteiger charge is 2.16. The Morgan fingerprint density at radius 1 is 1.47 bits per heavy atom. The molecule has 0 aliphatic heterocycles. The molecule has 0 atom stereocenters. The Morgan fingerprint density at radius 2 is 2.20 bits per heavy atom. The largest absolute Gasteiger partial charge is 0.396 e. The molecule has 0 aliphatic rings. The van der Waals surface area contributed by atoms with E-state index in [-0.39, 0.29) is 12.0 Å². The molecule has 1 aromatic heterocycles. The van der Waals surface area contributed by atoms with Gasteiger partial charge in [-0.25, -0.2) is 9.97 Å². The van der Waals surface area contributed by atoms with Gasteiger partial charge in [0.25, 0.3) is 0 Å². The molecule has 4 nitrogen and oxygen atoms in total. The van der Waals surface area contributed by atoms with Gasteiger partial charge >= 0.3 is 0 Å². The molecular weight excluding hydrogens is 258 g/mol. The van der Waals surface area contributed by atoms with Gasteiger partial charge < -0.3 is 10.4 Å². The molecule has 0 aromatic carbocycles. The number of halogens is 1. The Kier molecular flexibility index (Phi) is 4.47. The number of aliphatic hydroxyl groups excluding tert-OH is 1. The van der Waals surface area contributed by atoms with Crippen LogP contribution in [0.3, 0.4) is 0 Å². The first-order valence-corrected chi connectivity index (χ1v) is 5.65. The van der Waals surface area contributed by atoms with Crippen molar-refractivity contribution in [2.75, 3.05) is 18.5 Å². The first-order valence-electron chi connectivity index (χ1n) is 4.86. The smallest absolute Gasteiger partial charge is 0.130 e. The molecule has 0 saturated carbocycles. The summed E-state index contributed by atoms with van der Waals surface area (Å²) >= 11 is 3.28. The molecule has 1 rings (SSSR count). The second-order valence-corrected chi connectivity index (χ2v) is 5.03. The summed E-state index contributed by atoms with van der Waals surface area (Å²) in [6, 6.07) is 1.83. The van der Waals surface area contributed by atoms with Crippen molar-refractivity contribution in [2.45, 2.75) is 20.3 Å². The molecule has 0 bridgehead atoms. The number of hydrogen-bond acceptors (Lipinski definition) is 4. The van der Waals surface area contributed by atoms with Crippen LogP contribution >= 0.6 is 15.9 Å². The van der Waals surface area contributed by atoms with E-state index in [1.54, 1.807) is 0 Å². The van der Waals surface area contributed by atoms with Crippen LogP contribution in [-0.4, -0.2) is 28.2 Å². The molecule has 1 heterocycles. The van der Waals surface area contributed by atoms with Crippen LogP contribution in [0, 0.1) is 5.41 Å². The zero-order chi connectivity index (χ0) is 11.3. The van der Waals surface area contributed by atoms with Crippen molar-refractivity contribution in [1.29, 1.82) is 0 Å². The van der Waals surface area contributed by atoms with E-state index < -0.39 is 0 Å². The predicted octanol–water partition coefficient (Wildman–Crippen LogP) is 2.06. The number of hydrogen-bond donors (Lipinski definition) is 2. The molecule has 0 amide bonds. The van der Waals surface area contributed by atoms with Gasteiger partial charge in [0.1, 0.15) is 16.7 Å².